The topological polar surface area (TPSA) is 59.6 Å². The van der Waals surface area contributed by atoms with Gasteiger partial charge in [-0.25, -0.2) is 4.39 Å². The maximum absolute atomic E-state index is 13.7. The van der Waals surface area contributed by atoms with Gasteiger partial charge in [-0.1, -0.05) is 17.7 Å². The lowest BCUT2D eigenvalue weighted by atomic mass is 10.2. The van der Waals surface area contributed by atoms with Crippen molar-refractivity contribution in [3.63, 3.8) is 0 Å². The minimum atomic E-state index is -0.409. The number of ether oxygens (including phenoxy) is 2. The lowest BCUT2D eigenvalue weighted by Crippen LogP contribution is -2.22. The molecule has 0 saturated heterocycles. The van der Waals surface area contributed by atoms with Crippen LogP contribution in [0.2, 0.25) is 5.02 Å². The minimum absolute atomic E-state index is 0.104. The van der Waals surface area contributed by atoms with Crippen molar-refractivity contribution in [3.05, 3.63) is 46.7 Å². The maximum atomic E-state index is 13.7. The maximum Gasteiger partial charge on any atom is 0.243 e. The molecule has 0 radical (unpaired) electrons. The molecule has 0 heterocycles. The zero-order valence-corrected chi connectivity index (χ0v) is 14.3. The van der Waals surface area contributed by atoms with Crippen LogP contribution in [-0.4, -0.2) is 26.7 Å². The Morgan fingerprint density at radius 3 is 2.46 bits per heavy atom. The Kier molecular flexibility index (Phi) is 5.87. The number of anilines is 2. The molecule has 0 fully saturated rings. The predicted octanol–water partition coefficient (Wildman–Crippen LogP) is 3.86. The Balaban J connectivity index is 2.05. The van der Waals surface area contributed by atoms with Crippen LogP contribution in [0, 0.1) is 12.7 Å². The fourth-order valence-electron chi connectivity index (χ4n) is 2.09. The van der Waals surface area contributed by atoms with E-state index in [1.54, 1.807) is 25.1 Å². The molecular formula is C17H18ClFN2O3. The molecule has 5 nitrogen and oxygen atoms in total. The molecule has 24 heavy (non-hydrogen) atoms. The molecule has 128 valence electrons. The number of hydrogen-bond donors (Lipinski definition) is 2. The van der Waals surface area contributed by atoms with Crippen LogP contribution in [0.3, 0.4) is 0 Å². The number of methoxy groups -OCH3 is 2. The summed E-state index contributed by atoms with van der Waals surface area (Å²) >= 11 is 6.05. The van der Waals surface area contributed by atoms with E-state index in [-0.39, 0.29) is 18.1 Å². The number of rotatable bonds is 6. The van der Waals surface area contributed by atoms with Gasteiger partial charge in [0.05, 0.1) is 37.2 Å². The Labute approximate surface area is 144 Å². The summed E-state index contributed by atoms with van der Waals surface area (Å²) in [4.78, 5) is 12.1. The number of amides is 1. The molecule has 0 spiro atoms. The Bertz CT molecular complexity index is 753. The molecule has 2 N–H and O–H groups in total. The first kappa shape index (κ1) is 17.9. The number of carbonyl (C=O) groups is 1. The van der Waals surface area contributed by atoms with E-state index in [4.69, 9.17) is 21.1 Å². The van der Waals surface area contributed by atoms with Crippen LogP contribution in [0.4, 0.5) is 15.8 Å². The molecule has 0 bridgehead atoms. The summed E-state index contributed by atoms with van der Waals surface area (Å²) in [7, 11) is 2.96. The van der Waals surface area contributed by atoms with Crippen LogP contribution >= 0.6 is 11.6 Å². The molecule has 2 aromatic rings. The van der Waals surface area contributed by atoms with Gasteiger partial charge in [0.2, 0.25) is 5.91 Å². The number of aryl methyl sites for hydroxylation is 1. The van der Waals surface area contributed by atoms with Gasteiger partial charge < -0.3 is 20.1 Å². The molecule has 7 heteroatoms. The highest BCUT2D eigenvalue weighted by Crippen LogP contribution is 2.35. The number of halogens is 2. The van der Waals surface area contributed by atoms with Crippen molar-refractivity contribution in [3.8, 4) is 11.5 Å². The van der Waals surface area contributed by atoms with Gasteiger partial charge in [-0.3, -0.25) is 4.79 Å². The van der Waals surface area contributed by atoms with Crippen molar-refractivity contribution < 1.29 is 18.7 Å². The van der Waals surface area contributed by atoms with Crippen LogP contribution in [0.15, 0.2) is 30.3 Å². The number of nitrogens with one attached hydrogen (secondary N) is 2. The summed E-state index contributed by atoms with van der Waals surface area (Å²) in [6, 6.07) is 7.85. The van der Waals surface area contributed by atoms with Crippen molar-refractivity contribution in [1.29, 1.82) is 0 Å². The van der Waals surface area contributed by atoms with E-state index in [1.807, 2.05) is 0 Å². The number of benzene rings is 2. The van der Waals surface area contributed by atoms with Gasteiger partial charge in [-0.15, -0.1) is 0 Å². The van der Waals surface area contributed by atoms with Gasteiger partial charge in [0.15, 0.2) is 0 Å². The molecule has 0 aliphatic carbocycles. The van der Waals surface area contributed by atoms with Crippen molar-refractivity contribution in [1.82, 2.24) is 0 Å². The van der Waals surface area contributed by atoms with E-state index in [2.05, 4.69) is 10.6 Å². The van der Waals surface area contributed by atoms with E-state index in [9.17, 15) is 9.18 Å². The SMILES string of the molecule is COc1cc(OC)c(NC(=O)CNc2ccc(C)cc2F)cc1Cl. The lowest BCUT2D eigenvalue weighted by Gasteiger charge is -2.14. The molecule has 2 rings (SSSR count). The zero-order valence-electron chi connectivity index (χ0n) is 13.6. The van der Waals surface area contributed by atoms with E-state index in [0.29, 0.717) is 22.2 Å². The smallest absolute Gasteiger partial charge is 0.243 e. The first-order valence-electron chi connectivity index (χ1n) is 7.16. The van der Waals surface area contributed by atoms with E-state index < -0.39 is 5.82 Å². The Morgan fingerprint density at radius 2 is 1.83 bits per heavy atom. The van der Waals surface area contributed by atoms with Crippen LogP contribution in [0.5, 0.6) is 11.5 Å². The molecule has 1 amide bonds. The van der Waals surface area contributed by atoms with E-state index in [0.717, 1.165) is 5.56 Å². The van der Waals surface area contributed by atoms with Crippen molar-refractivity contribution in [2.24, 2.45) is 0 Å². The molecule has 2 aromatic carbocycles. The quantitative estimate of drug-likeness (QED) is 0.829. The highest BCUT2D eigenvalue weighted by atomic mass is 35.5. The summed E-state index contributed by atoms with van der Waals surface area (Å²) in [5.41, 5.74) is 1.47. The Morgan fingerprint density at radius 1 is 1.12 bits per heavy atom. The van der Waals surface area contributed by atoms with Crippen LogP contribution in [0.1, 0.15) is 5.56 Å². The standard InChI is InChI=1S/C17H18ClFN2O3/c1-10-4-5-13(12(19)6-10)20-9-17(22)21-14-7-11(18)15(23-2)8-16(14)24-3/h4-8,20H,9H2,1-3H3,(H,21,22). The second-order valence-electron chi connectivity index (χ2n) is 5.07. The highest BCUT2D eigenvalue weighted by molar-refractivity contribution is 6.32. The summed E-state index contributed by atoms with van der Waals surface area (Å²) < 4.78 is 24.0. The molecule has 0 atom stereocenters. The largest absolute Gasteiger partial charge is 0.495 e. The summed E-state index contributed by atoms with van der Waals surface area (Å²) in [5, 5.41) is 5.75. The van der Waals surface area contributed by atoms with Crippen molar-refractivity contribution >= 4 is 28.9 Å². The third-order valence-electron chi connectivity index (χ3n) is 3.31. The van der Waals surface area contributed by atoms with E-state index in [1.165, 1.54) is 26.4 Å². The van der Waals surface area contributed by atoms with E-state index >= 15 is 0 Å². The first-order valence-corrected chi connectivity index (χ1v) is 7.53. The molecular weight excluding hydrogens is 335 g/mol. The summed E-state index contributed by atoms with van der Waals surface area (Å²) in [6.45, 7) is 1.69. The molecule has 0 aliphatic rings. The van der Waals surface area contributed by atoms with Gasteiger partial charge in [-0.05, 0) is 30.7 Å². The molecule has 0 aromatic heterocycles. The first-order chi connectivity index (χ1) is 11.4. The fourth-order valence-corrected chi connectivity index (χ4v) is 2.33. The van der Waals surface area contributed by atoms with Crippen LogP contribution < -0.4 is 20.1 Å². The minimum Gasteiger partial charge on any atom is -0.495 e. The van der Waals surface area contributed by atoms with Gasteiger partial charge in [0.25, 0.3) is 0 Å². The second-order valence-corrected chi connectivity index (χ2v) is 5.48. The van der Waals surface area contributed by atoms with Gasteiger partial charge in [0.1, 0.15) is 17.3 Å². The molecule has 0 unspecified atom stereocenters. The van der Waals surface area contributed by atoms with Crippen LogP contribution in [0.25, 0.3) is 0 Å². The Hall–Kier alpha value is -2.47. The van der Waals surface area contributed by atoms with Crippen molar-refractivity contribution in [2.45, 2.75) is 6.92 Å². The highest BCUT2D eigenvalue weighted by Gasteiger charge is 2.13. The third kappa shape index (κ3) is 4.29. The number of carbonyl (C=O) groups excluding carboxylic acids is 1. The molecule has 0 aliphatic heterocycles. The van der Waals surface area contributed by atoms with Gasteiger partial charge in [0, 0.05) is 6.07 Å². The monoisotopic (exact) mass is 352 g/mol. The lowest BCUT2D eigenvalue weighted by molar-refractivity contribution is -0.114. The van der Waals surface area contributed by atoms with Gasteiger partial charge in [-0.2, -0.15) is 0 Å². The summed E-state index contributed by atoms with van der Waals surface area (Å²) in [6.07, 6.45) is 0. The van der Waals surface area contributed by atoms with Gasteiger partial charge >= 0.3 is 0 Å². The predicted molar refractivity (Wildman–Crippen MR) is 92.8 cm³/mol. The van der Waals surface area contributed by atoms with Crippen LogP contribution in [-0.2, 0) is 4.79 Å². The third-order valence-corrected chi connectivity index (χ3v) is 3.61. The second kappa shape index (κ2) is 7.88. The summed E-state index contributed by atoms with van der Waals surface area (Å²) in [5.74, 6) is 0.0693. The molecule has 0 saturated carbocycles. The number of hydrogen-bond acceptors (Lipinski definition) is 4. The fraction of sp³-hybridized carbons (Fsp3) is 0.235. The normalized spacial score (nSPS) is 10.2. The average molecular weight is 353 g/mol. The zero-order chi connectivity index (χ0) is 17.7. The average Bonchev–Trinajstić information content (AvgIpc) is 2.54. The van der Waals surface area contributed by atoms with Crippen molar-refractivity contribution in [2.75, 3.05) is 31.4 Å².